The summed E-state index contributed by atoms with van der Waals surface area (Å²) in [6.45, 7) is 4.52. The first-order valence-corrected chi connectivity index (χ1v) is 7.15. The summed E-state index contributed by atoms with van der Waals surface area (Å²) in [5.41, 5.74) is 0.355. The van der Waals surface area contributed by atoms with Gasteiger partial charge in [0.2, 0.25) is 10.0 Å². The Hall–Kier alpha value is -0.960. The van der Waals surface area contributed by atoms with E-state index in [-0.39, 0.29) is 23.5 Å². The first kappa shape index (κ1) is 13.5. The van der Waals surface area contributed by atoms with Gasteiger partial charge in [0, 0.05) is 13.0 Å². The maximum Gasteiger partial charge on any atom is 0.245 e. The molecule has 1 aromatic heterocycles. The van der Waals surface area contributed by atoms with Gasteiger partial charge in [-0.1, -0.05) is 5.16 Å². The van der Waals surface area contributed by atoms with Crippen LogP contribution in [-0.2, 0) is 19.5 Å². The molecule has 0 aromatic carbocycles. The Morgan fingerprint density at radius 2 is 2.00 bits per heavy atom. The number of rotatable bonds is 5. The average molecular weight is 276 g/mol. The van der Waals surface area contributed by atoms with Crippen molar-refractivity contribution in [1.29, 1.82) is 0 Å². The molecule has 0 spiro atoms. The van der Waals surface area contributed by atoms with Gasteiger partial charge in [0.25, 0.3) is 0 Å². The SMILES string of the molecule is Cc1noc(C)c1S(=O)(=O)NCCC1OCCO1. The van der Waals surface area contributed by atoms with Gasteiger partial charge in [0.15, 0.2) is 12.1 Å². The van der Waals surface area contributed by atoms with Crippen molar-refractivity contribution in [2.45, 2.75) is 31.5 Å². The molecule has 1 fully saturated rings. The summed E-state index contributed by atoms with van der Waals surface area (Å²) in [5, 5.41) is 3.62. The Kier molecular flexibility index (Phi) is 4.00. The smallest absolute Gasteiger partial charge is 0.245 e. The van der Waals surface area contributed by atoms with Crippen molar-refractivity contribution in [3.63, 3.8) is 0 Å². The normalized spacial score (nSPS) is 17.4. The lowest BCUT2D eigenvalue weighted by Gasteiger charge is -2.09. The number of nitrogens with zero attached hydrogens (tertiary/aromatic N) is 1. The van der Waals surface area contributed by atoms with E-state index in [0.717, 1.165) is 0 Å². The van der Waals surface area contributed by atoms with E-state index in [9.17, 15) is 8.42 Å². The highest BCUT2D eigenvalue weighted by molar-refractivity contribution is 7.89. The van der Waals surface area contributed by atoms with Crippen molar-refractivity contribution in [3.8, 4) is 0 Å². The molecule has 1 aliphatic heterocycles. The molecule has 0 amide bonds. The van der Waals surface area contributed by atoms with Crippen molar-refractivity contribution in [2.24, 2.45) is 0 Å². The lowest BCUT2D eigenvalue weighted by Crippen LogP contribution is -2.28. The first-order valence-electron chi connectivity index (χ1n) is 5.66. The fraction of sp³-hybridized carbons (Fsp3) is 0.700. The molecular weight excluding hydrogens is 260 g/mol. The third kappa shape index (κ3) is 2.89. The summed E-state index contributed by atoms with van der Waals surface area (Å²) in [6, 6.07) is 0. The minimum atomic E-state index is -3.59. The van der Waals surface area contributed by atoms with Crippen LogP contribution in [0.25, 0.3) is 0 Å². The summed E-state index contributed by atoms with van der Waals surface area (Å²) in [4.78, 5) is 0.107. The maximum absolute atomic E-state index is 12.0. The summed E-state index contributed by atoms with van der Waals surface area (Å²) in [7, 11) is -3.59. The topological polar surface area (TPSA) is 90.7 Å². The Morgan fingerprint density at radius 1 is 1.33 bits per heavy atom. The standard InChI is InChI=1S/C10H16N2O5S/c1-7-10(8(2)17-12-7)18(13,14)11-4-3-9-15-5-6-16-9/h9,11H,3-6H2,1-2H3. The van der Waals surface area contributed by atoms with Crippen molar-refractivity contribution in [2.75, 3.05) is 19.8 Å². The van der Waals surface area contributed by atoms with Crippen LogP contribution in [0.5, 0.6) is 0 Å². The Morgan fingerprint density at radius 3 is 2.56 bits per heavy atom. The molecule has 102 valence electrons. The van der Waals surface area contributed by atoms with Crippen molar-refractivity contribution in [1.82, 2.24) is 9.88 Å². The lowest BCUT2D eigenvalue weighted by molar-refractivity contribution is -0.0451. The number of hydrogen-bond acceptors (Lipinski definition) is 6. The molecule has 0 unspecified atom stereocenters. The first-order chi connectivity index (χ1) is 8.50. The molecule has 0 saturated carbocycles. The molecule has 18 heavy (non-hydrogen) atoms. The monoisotopic (exact) mass is 276 g/mol. The lowest BCUT2D eigenvalue weighted by atomic mass is 10.4. The van der Waals surface area contributed by atoms with Crippen LogP contribution in [0, 0.1) is 13.8 Å². The molecule has 0 radical (unpaired) electrons. The second kappa shape index (κ2) is 5.35. The molecule has 2 rings (SSSR count). The Bertz CT molecular complexity index is 485. The second-order valence-electron chi connectivity index (χ2n) is 4.01. The van der Waals surface area contributed by atoms with Gasteiger partial charge in [0.05, 0.1) is 13.2 Å². The fourth-order valence-electron chi connectivity index (χ4n) is 1.82. The number of ether oxygens (including phenoxy) is 2. The van der Waals surface area contributed by atoms with Crippen LogP contribution in [0.2, 0.25) is 0 Å². The molecule has 0 atom stereocenters. The highest BCUT2D eigenvalue weighted by atomic mass is 32.2. The number of sulfonamides is 1. The fourth-order valence-corrected chi connectivity index (χ4v) is 3.19. The summed E-state index contributed by atoms with van der Waals surface area (Å²) in [6.07, 6.45) is 0.153. The van der Waals surface area contributed by atoms with Gasteiger partial charge in [-0.25, -0.2) is 13.1 Å². The quantitative estimate of drug-likeness (QED) is 0.833. The van der Waals surface area contributed by atoms with Gasteiger partial charge in [0.1, 0.15) is 10.6 Å². The molecular formula is C10H16N2O5S. The zero-order valence-electron chi connectivity index (χ0n) is 10.3. The third-order valence-corrected chi connectivity index (χ3v) is 4.30. The maximum atomic E-state index is 12.0. The van der Waals surface area contributed by atoms with E-state index in [0.29, 0.717) is 25.3 Å². The molecule has 1 aromatic rings. The highest BCUT2D eigenvalue weighted by Crippen LogP contribution is 2.18. The summed E-state index contributed by atoms with van der Waals surface area (Å²) < 4.78 is 41.8. The minimum absolute atomic E-state index is 0.107. The van der Waals surface area contributed by atoms with Gasteiger partial charge >= 0.3 is 0 Å². The van der Waals surface area contributed by atoms with Crippen LogP contribution < -0.4 is 4.72 Å². The van der Waals surface area contributed by atoms with E-state index in [4.69, 9.17) is 14.0 Å². The molecule has 1 N–H and O–H groups in total. The molecule has 2 heterocycles. The third-order valence-electron chi connectivity index (χ3n) is 2.60. The van der Waals surface area contributed by atoms with Gasteiger partial charge in [-0.05, 0) is 13.8 Å². The van der Waals surface area contributed by atoms with Crippen LogP contribution in [0.3, 0.4) is 0 Å². The summed E-state index contributed by atoms with van der Waals surface area (Å²) >= 11 is 0. The van der Waals surface area contributed by atoms with Crippen LogP contribution in [0.1, 0.15) is 17.9 Å². The largest absolute Gasteiger partial charge is 0.360 e. The van der Waals surface area contributed by atoms with Gasteiger partial charge in [-0.15, -0.1) is 0 Å². The predicted octanol–water partition coefficient (Wildman–Crippen LogP) is 0.333. The number of aromatic nitrogens is 1. The van der Waals surface area contributed by atoms with Crippen molar-refractivity contribution >= 4 is 10.0 Å². The zero-order chi connectivity index (χ0) is 13.2. The number of hydrogen-bond donors (Lipinski definition) is 1. The molecule has 0 aliphatic carbocycles. The summed E-state index contributed by atoms with van der Waals surface area (Å²) in [5.74, 6) is 0.286. The van der Waals surface area contributed by atoms with E-state index in [1.165, 1.54) is 0 Å². The van der Waals surface area contributed by atoms with E-state index in [1.54, 1.807) is 13.8 Å². The van der Waals surface area contributed by atoms with Gasteiger partial charge in [-0.2, -0.15) is 0 Å². The molecule has 1 aliphatic rings. The Balaban J connectivity index is 1.95. The van der Waals surface area contributed by atoms with Crippen LogP contribution >= 0.6 is 0 Å². The molecule has 7 nitrogen and oxygen atoms in total. The van der Waals surface area contributed by atoms with Crippen LogP contribution in [0.15, 0.2) is 9.42 Å². The molecule has 8 heteroatoms. The minimum Gasteiger partial charge on any atom is -0.360 e. The Labute approximate surface area is 105 Å². The number of aryl methyl sites for hydroxylation is 2. The molecule has 0 bridgehead atoms. The van der Waals surface area contributed by atoms with Gasteiger partial charge < -0.3 is 14.0 Å². The zero-order valence-corrected chi connectivity index (χ0v) is 11.1. The van der Waals surface area contributed by atoms with Crippen molar-refractivity contribution < 1.29 is 22.4 Å². The van der Waals surface area contributed by atoms with E-state index < -0.39 is 10.0 Å². The van der Waals surface area contributed by atoms with Gasteiger partial charge in [-0.3, -0.25) is 0 Å². The van der Waals surface area contributed by atoms with Crippen molar-refractivity contribution in [3.05, 3.63) is 11.5 Å². The average Bonchev–Trinajstić information content (AvgIpc) is 2.89. The van der Waals surface area contributed by atoms with E-state index in [1.807, 2.05) is 0 Å². The van der Waals surface area contributed by atoms with E-state index >= 15 is 0 Å². The second-order valence-corrected chi connectivity index (χ2v) is 5.71. The predicted molar refractivity (Wildman–Crippen MR) is 61.5 cm³/mol. The number of nitrogens with one attached hydrogen (secondary N) is 1. The van der Waals surface area contributed by atoms with E-state index in [2.05, 4.69) is 9.88 Å². The molecule has 1 saturated heterocycles. The van der Waals surface area contributed by atoms with Crippen LogP contribution in [-0.4, -0.2) is 39.6 Å². The highest BCUT2D eigenvalue weighted by Gasteiger charge is 2.24. The van der Waals surface area contributed by atoms with Crippen LogP contribution in [0.4, 0.5) is 0 Å².